The number of amides is 1. The van der Waals surface area contributed by atoms with Gasteiger partial charge in [0.25, 0.3) is 5.91 Å². The molecule has 38 heavy (non-hydrogen) atoms. The minimum Gasteiger partial charge on any atom is -0.356 e. The average molecular weight is 509 g/mol. The van der Waals surface area contributed by atoms with Crippen molar-refractivity contribution in [1.82, 2.24) is 10.6 Å². The Morgan fingerprint density at radius 1 is 0.921 bits per heavy atom. The molecule has 0 radical (unpaired) electrons. The van der Waals surface area contributed by atoms with Gasteiger partial charge in [-0.25, -0.2) is 8.78 Å². The lowest BCUT2D eigenvalue weighted by Crippen LogP contribution is -2.24. The standard InChI is InChI=1S/C32H26F2N2O2/c1-16-9-20-13-35-14-28(20)17(2)27(16)15-36-32(37)19-4-7-24-26(11-19)31-25-10-18(3-6-23(25)30(24)38-31)22-8-5-21(33)12-29(22)34/h3-12,30-31,35H,13-15H2,1-2H3,(H,36,37). The van der Waals surface area contributed by atoms with Crippen LogP contribution in [0.5, 0.6) is 0 Å². The van der Waals surface area contributed by atoms with Crippen LogP contribution in [0.25, 0.3) is 11.1 Å². The van der Waals surface area contributed by atoms with E-state index in [1.54, 1.807) is 0 Å². The van der Waals surface area contributed by atoms with Gasteiger partial charge in [-0.3, -0.25) is 4.79 Å². The Morgan fingerprint density at radius 3 is 2.50 bits per heavy atom. The van der Waals surface area contributed by atoms with Crippen molar-refractivity contribution < 1.29 is 18.3 Å². The van der Waals surface area contributed by atoms with Crippen LogP contribution in [0, 0.1) is 25.5 Å². The van der Waals surface area contributed by atoms with Crippen LogP contribution in [0.1, 0.15) is 72.6 Å². The molecule has 2 unspecified atom stereocenters. The first kappa shape index (κ1) is 23.3. The molecule has 1 amide bonds. The molecule has 3 aliphatic rings. The Hall–Kier alpha value is -3.87. The number of rotatable bonds is 4. The predicted octanol–water partition coefficient (Wildman–Crippen LogP) is 6.30. The highest BCUT2D eigenvalue weighted by Crippen LogP contribution is 2.54. The number of aryl methyl sites for hydroxylation is 1. The van der Waals surface area contributed by atoms with Gasteiger partial charge in [0.2, 0.25) is 0 Å². The van der Waals surface area contributed by atoms with Crippen LogP contribution < -0.4 is 10.6 Å². The van der Waals surface area contributed by atoms with Crippen molar-refractivity contribution in [3.63, 3.8) is 0 Å². The summed E-state index contributed by atoms with van der Waals surface area (Å²) in [5, 5.41) is 6.51. The summed E-state index contributed by atoms with van der Waals surface area (Å²) in [6.45, 7) is 6.46. The van der Waals surface area contributed by atoms with Gasteiger partial charge in [0.05, 0.1) is 0 Å². The number of nitrogens with one attached hydrogen (secondary N) is 2. The Bertz CT molecular complexity index is 1660. The van der Waals surface area contributed by atoms with Crippen molar-refractivity contribution in [2.75, 3.05) is 0 Å². The van der Waals surface area contributed by atoms with E-state index in [9.17, 15) is 13.6 Å². The maximum absolute atomic E-state index is 14.4. The zero-order valence-electron chi connectivity index (χ0n) is 21.1. The van der Waals surface area contributed by atoms with E-state index in [0.29, 0.717) is 23.2 Å². The number of hydrogen-bond donors (Lipinski definition) is 2. The zero-order valence-corrected chi connectivity index (χ0v) is 21.1. The van der Waals surface area contributed by atoms with Gasteiger partial charge in [-0.15, -0.1) is 0 Å². The summed E-state index contributed by atoms with van der Waals surface area (Å²) in [6.07, 6.45) is -0.533. The molecule has 0 saturated heterocycles. The Balaban J connectivity index is 1.15. The highest BCUT2D eigenvalue weighted by molar-refractivity contribution is 5.94. The third-order valence-corrected chi connectivity index (χ3v) is 8.28. The molecule has 0 saturated carbocycles. The lowest BCUT2D eigenvalue weighted by molar-refractivity contribution is 0.0857. The van der Waals surface area contributed by atoms with Gasteiger partial charge in [0.1, 0.15) is 23.8 Å². The monoisotopic (exact) mass is 508 g/mol. The summed E-state index contributed by atoms with van der Waals surface area (Å²) in [5.74, 6) is -1.33. The first-order valence-corrected chi connectivity index (χ1v) is 12.9. The van der Waals surface area contributed by atoms with E-state index < -0.39 is 11.6 Å². The fourth-order valence-corrected chi connectivity index (χ4v) is 6.30. The second-order valence-electron chi connectivity index (χ2n) is 10.4. The van der Waals surface area contributed by atoms with Crippen molar-refractivity contribution in [3.05, 3.63) is 128 Å². The maximum Gasteiger partial charge on any atom is 0.251 e. The molecular weight excluding hydrogens is 482 g/mol. The second-order valence-corrected chi connectivity index (χ2v) is 10.4. The summed E-state index contributed by atoms with van der Waals surface area (Å²) < 4.78 is 34.2. The molecular formula is C32H26F2N2O2. The second kappa shape index (κ2) is 8.58. The van der Waals surface area contributed by atoms with E-state index in [2.05, 4.69) is 30.5 Å². The van der Waals surface area contributed by atoms with Crippen molar-refractivity contribution in [3.8, 4) is 11.1 Å². The van der Waals surface area contributed by atoms with E-state index in [0.717, 1.165) is 41.4 Å². The predicted molar refractivity (Wildman–Crippen MR) is 141 cm³/mol. The Kier molecular flexibility index (Phi) is 5.25. The fraction of sp³-hybridized carbons (Fsp3) is 0.219. The van der Waals surface area contributed by atoms with Crippen LogP contribution >= 0.6 is 0 Å². The molecule has 190 valence electrons. The highest BCUT2D eigenvalue weighted by atomic mass is 19.1. The number of fused-ring (bicyclic) bond motifs is 9. The fourth-order valence-electron chi connectivity index (χ4n) is 6.30. The average Bonchev–Trinajstić information content (AvgIpc) is 3.62. The van der Waals surface area contributed by atoms with Crippen molar-refractivity contribution in [2.45, 2.75) is 45.7 Å². The zero-order chi connectivity index (χ0) is 26.1. The lowest BCUT2D eigenvalue weighted by atomic mass is 9.83. The van der Waals surface area contributed by atoms with E-state index in [4.69, 9.17) is 4.74 Å². The van der Waals surface area contributed by atoms with Gasteiger partial charge in [-0.2, -0.15) is 0 Å². The van der Waals surface area contributed by atoms with Crippen molar-refractivity contribution in [1.29, 1.82) is 0 Å². The number of carbonyl (C=O) groups is 1. The quantitative estimate of drug-likeness (QED) is 0.340. The molecule has 0 spiro atoms. The van der Waals surface area contributed by atoms with Crippen molar-refractivity contribution >= 4 is 5.91 Å². The van der Waals surface area contributed by atoms with E-state index in [1.165, 1.54) is 39.9 Å². The lowest BCUT2D eigenvalue weighted by Gasteiger charge is -2.18. The van der Waals surface area contributed by atoms with Gasteiger partial charge >= 0.3 is 0 Å². The molecule has 4 aromatic carbocycles. The minimum atomic E-state index is -0.604. The normalized spacial score (nSPS) is 18.3. The molecule has 0 aromatic heterocycles. The van der Waals surface area contributed by atoms with E-state index in [1.807, 2.05) is 36.4 Å². The molecule has 3 heterocycles. The van der Waals surface area contributed by atoms with E-state index >= 15 is 0 Å². The summed E-state index contributed by atoms with van der Waals surface area (Å²) in [5.41, 5.74) is 11.9. The maximum atomic E-state index is 14.4. The van der Waals surface area contributed by atoms with Crippen LogP contribution in [0.3, 0.4) is 0 Å². The third-order valence-electron chi connectivity index (χ3n) is 8.28. The summed E-state index contributed by atoms with van der Waals surface area (Å²) in [4.78, 5) is 13.2. The molecule has 2 atom stereocenters. The molecule has 6 heteroatoms. The highest BCUT2D eigenvalue weighted by Gasteiger charge is 2.43. The molecule has 3 aliphatic heterocycles. The molecule has 2 bridgehead atoms. The van der Waals surface area contributed by atoms with Gasteiger partial charge in [-0.05, 0) is 99.8 Å². The summed E-state index contributed by atoms with van der Waals surface area (Å²) in [7, 11) is 0. The molecule has 4 nitrogen and oxygen atoms in total. The topological polar surface area (TPSA) is 50.4 Å². The first-order chi connectivity index (χ1) is 18.4. The van der Waals surface area contributed by atoms with Gasteiger partial charge in [0.15, 0.2) is 0 Å². The number of hydrogen-bond acceptors (Lipinski definition) is 3. The molecule has 4 aromatic rings. The van der Waals surface area contributed by atoms with Gasteiger partial charge in [0, 0.05) is 36.8 Å². The summed E-state index contributed by atoms with van der Waals surface area (Å²) >= 11 is 0. The molecule has 0 fully saturated rings. The minimum absolute atomic E-state index is 0.129. The number of benzene rings is 4. The number of halogens is 2. The van der Waals surface area contributed by atoms with Crippen LogP contribution in [0.15, 0.2) is 60.7 Å². The molecule has 2 N–H and O–H groups in total. The van der Waals surface area contributed by atoms with Crippen LogP contribution in [0.4, 0.5) is 8.78 Å². The van der Waals surface area contributed by atoms with Crippen LogP contribution in [0.2, 0.25) is 0 Å². The number of carbonyl (C=O) groups excluding carboxylic acids is 1. The smallest absolute Gasteiger partial charge is 0.251 e. The SMILES string of the molecule is Cc1cc2c(c(C)c1CNC(=O)c1ccc3c(c1)C1OC3c3ccc(-c4ccc(F)cc4F)cc31)CNC2. The van der Waals surface area contributed by atoms with E-state index in [-0.39, 0.29) is 18.1 Å². The van der Waals surface area contributed by atoms with Gasteiger partial charge < -0.3 is 15.4 Å². The first-order valence-electron chi connectivity index (χ1n) is 12.9. The third kappa shape index (κ3) is 3.51. The Morgan fingerprint density at radius 2 is 1.68 bits per heavy atom. The van der Waals surface area contributed by atoms with Crippen LogP contribution in [-0.4, -0.2) is 5.91 Å². The number of ether oxygens (including phenoxy) is 1. The molecule has 0 aliphatic carbocycles. The van der Waals surface area contributed by atoms with Gasteiger partial charge in [-0.1, -0.05) is 24.3 Å². The Labute approximate surface area is 219 Å². The van der Waals surface area contributed by atoms with Crippen molar-refractivity contribution in [2.24, 2.45) is 0 Å². The van der Waals surface area contributed by atoms with Crippen LogP contribution in [-0.2, 0) is 24.4 Å². The summed E-state index contributed by atoms with van der Waals surface area (Å²) in [6, 6.07) is 17.3. The molecule has 7 rings (SSSR count). The largest absolute Gasteiger partial charge is 0.356 e.